The number of benzene rings is 1. The van der Waals surface area contributed by atoms with Crippen molar-refractivity contribution in [1.82, 2.24) is 10.2 Å². The topological polar surface area (TPSA) is 64.6 Å². The number of nitrogens with zero attached hydrogens (tertiary/aromatic N) is 1. The maximum atomic E-state index is 12.2. The summed E-state index contributed by atoms with van der Waals surface area (Å²) in [6, 6.07) is 6.24. The van der Waals surface area contributed by atoms with Crippen molar-refractivity contribution in [2.75, 3.05) is 18.4 Å². The van der Waals surface area contributed by atoms with Crippen LogP contribution >= 0.6 is 15.9 Å². The third kappa shape index (κ3) is 4.29. The lowest BCUT2D eigenvalue weighted by molar-refractivity contribution is 0.0537. The summed E-state index contributed by atoms with van der Waals surface area (Å²) < 4.78 is 0.951. The Labute approximate surface area is 151 Å². The van der Waals surface area contributed by atoms with Gasteiger partial charge in [-0.15, -0.1) is 0 Å². The zero-order chi connectivity index (χ0) is 17.1. The summed E-state index contributed by atoms with van der Waals surface area (Å²) in [5.41, 5.74) is 1.87. The van der Waals surface area contributed by atoms with Crippen molar-refractivity contribution in [2.24, 2.45) is 0 Å². The number of carbonyl (C=O) groups excluding carboxylic acids is 1. The number of rotatable bonds is 3. The third-order valence-electron chi connectivity index (χ3n) is 5.23. The molecule has 1 aromatic rings. The van der Waals surface area contributed by atoms with Gasteiger partial charge in [0.25, 0.3) is 0 Å². The molecule has 0 bridgehead atoms. The summed E-state index contributed by atoms with van der Waals surface area (Å²) in [6.45, 7) is 3.87. The van der Waals surface area contributed by atoms with E-state index < -0.39 is 0 Å². The minimum Gasteiger partial charge on any atom is -0.391 e. The van der Waals surface area contributed by atoms with Gasteiger partial charge in [-0.05, 0) is 56.7 Å². The van der Waals surface area contributed by atoms with E-state index in [-0.39, 0.29) is 18.2 Å². The van der Waals surface area contributed by atoms with Crippen LogP contribution in [0.2, 0.25) is 0 Å². The predicted octanol–water partition coefficient (Wildman–Crippen LogP) is 3.26. The van der Waals surface area contributed by atoms with Crippen LogP contribution < -0.4 is 10.6 Å². The smallest absolute Gasteiger partial charge is 0.319 e. The molecule has 0 unspecified atom stereocenters. The highest BCUT2D eigenvalue weighted by molar-refractivity contribution is 9.10. The van der Waals surface area contributed by atoms with E-state index in [4.69, 9.17) is 0 Å². The first kappa shape index (κ1) is 17.7. The Morgan fingerprint density at radius 2 is 2.00 bits per heavy atom. The molecule has 24 heavy (non-hydrogen) atoms. The van der Waals surface area contributed by atoms with Crippen molar-refractivity contribution in [1.29, 1.82) is 0 Å². The molecular weight excluding hydrogens is 370 g/mol. The minimum absolute atomic E-state index is 0.143. The molecule has 3 rings (SSSR count). The number of hydrogen-bond donors (Lipinski definition) is 3. The number of halogens is 1. The van der Waals surface area contributed by atoms with Crippen LogP contribution in [0.1, 0.15) is 37.7 Å². The molecule has 132 valence electrons. The van der Waals surface area contributed by atoms with Crippen LogP contribution in [0.3, 0.4) is 0 Å². The van der Waals surface area contributed by atoms with E-state index in [1.54, 1.807) is 0 Å². The van der Waals surface area contributed by atoms with Gasteiger partial charge in [0.05, 0.1) is 6.10 Å². The number of piperidine rings is 1. The number of anilines is 1. The summed E-state index contributed by atoms with van der Waals surface area (Å²) in [4.78, 5) is 14.6. The standard InChI is InChI=1S/C18H26BrN3O2/c1-12-5-6-13(19)11-15(12)21-18(24)20-14-7-9-22(10-8-14)16-3-2-4-17(16)23/h5-6,11,14,16-17,23H,2-4,7-10H2,1H3,(H2,20,21,24)/t16-,17+/m1/s1. The molecule has 0 aromatic heterocycles. The first-order valence-corrected chi connectivity index (χ1v) is 9.58. The molecule has 5 nitrogen and oxygen atoms in total. The maximum absolute atomic E-state index is 12.2. The lowest BCUT2D eigenvalue weighted by Crippen LogP contribution is -2.50. The number of aliphatic hydroxyl groups excluding tert-OH is 1. The summed E-state index contributed by atoms with van der Waals surface area (Å²) in [7, 11) is 0. The SMILES string of the molecule is Cc1ccc(Br)cc1NC(=O)NC1CCN([C@@H]2CCC[C@@H]2O)CC1. The van der Waals surface area contributed by atoms with E-state index in [0.717, 1.165) is 60.9 Å². The Morgan fingerprint density at radius 3 is 2.67 bits per heavy atom. The van der Waals surface area contributed by atoms with Gasteiger partial charge in [-0.25, -0.2) is 4.79 Å². The molecule has 1 aliphatic carbocycles. The van der Waals surface area contributed by atoms with Gasteiger partial charge in [0.2, 0.25) is 0 Å². The second kappa shape index (κ2) is 7.85. The molecule has 3 N–H and O–H groups in total. The Balaban J connectivity index is 1.47. The monoisotopic (exact) mass is 395 g/mol. The highest BCUT2D eigenvalue weighted by atomic mass is 79.9. The van der Waals surface area contributed by atoms with Crippen LogP contribution in [0.4, 0.5) is 10.5 Å². The second-order valence-electron chi connectivity index (χ2n) is 6.93. The fourth-order valence-corrected chi connectivity index (χ4v) is 4.16. The highest BCUT2D eigenvalue weighted by Gasteiger charge is 2.33. The van der Waals surface area contributed by atoms with Crippen LogP contribution in [-0.2, 0) is 0 Å². The van der Waals surface area contributed by atoms with Crippen molar-refractivity contribution in [3.05, 3.63) is 28.2 Å². The molecule has 1 aromatic carbocycles. The number of carbonyl (C=O) groups is 1. The summed E-state index contributed by atoms with van der Waals surface area (Å²) >= 11 is 3.43. The molecule has 1 saturated carbocycles. The van der Waals surface area contributed by atoms with E-state index in [2.05, 4.69) is 31.5 Å². The molecule has 2 aliphatic rings. The molecule has 6 heteroatoms. The number of urea groups is 1. The lowest BCUT2D eigenvalue weighted by atomic mass is 10.0. The number of amides is 2. The predicted molar refractivity (Wildman–Crippen MR) is 99.3 cm³/mol. The van der Waals surface area contributed by atoms with Gasteiger partial charge < -0.3 is 15.7 Å². The molecule has 1 heterocycles. The summed E-state index contributed by atoms with van der Waals surface area (Å²) in [5, 5.41) is 16.1. The zero-order valence-corrected chi connectivity index (χ0v) is 15.7. The first-order chi connectivity index (χ1) is 11.5. The van der Waals surface area contributed by atoms with Gasteiger partial charge in [-0.1, -0.05) is 22.0 Å². The van der Waals surface area contributed by atoms with E-state index >= 15 is 0 Å². The largest absolute Gasteiger partial charge is 0.391 e. The van der Waals surface area contributed by atoms with Crippen molar-refractivity contribution in [3.63, 3.8) is 0 Å². The fourth-order valence-electron chi connectivity index (χ4n) is 3.79. The zero-order valence-electron chi connectivity index (χ0n) is 14.1. The van der Waals surface area contributed by atoms with Crippen LogP contribution in [0.25, 0.3) is 0 Å². The van der Waals surface area contributed by atoms with Crippen LogP contribution in [0, 0.1) is 6.92 Å². The molecule has 1 aliphatic heterocycles. The molecular formula is C18H26BrN3O2. The average Bonchev–Trinajstić information content (AvgIpc) is 2.98. The summed E-state index contributed by atoms with van der Waals surface area (Å²) in [5.74, 6) is 0. The molecule has 2 atom stereocenters. The van der Waals surface area contributed by atoms with E-state index in [1.165, 1.54) is 0 Å². The fraction of sp³-hybridized carbons (Fsp3) is 0.611. The summed E-state index contributed by atoms with van der Waals surface area (Å²) in [6.07, 6.45) is 4.86. The lowest BCUT2D eigenvalue weighted by Gasteiger charge is -2.37. The Morgan fingerprint density at radius 1 is 1.25 bits per heavy atom. The van der Waals surface area contributed by atoms with Crippen molar-refractivity contribution >= 4 is 27.6 Å². The van der Waals surface area contributed by atoms with Crippen molar-refractivity contribution < 1.29 is 9.90 Å². The van der Waals surface area contributed by atoms with Crippen molar-refractivity contribution in [2.45, 2.75) is 57.2 Å². The Kier molecular flexibility index (Phi) is 5.79. The van der Waals surface area contributed by atoms with Crippen molar-refractivity contribution in [3.8, 4) is 0 Å². The van der Waals surface area contributed by atoms with Gasteiger partial charge >= 0.3 is 6.03 Å². The molecule has 0 spiro atoms. The minimum atomic E-state index is -0.169. The van der Waals surface area contributed by atoms with Gasteiger partial charge in [0.15, 0.2) is 0 Å². The second-order valence-corrected chi connectivity index (χ2v) is 7.85. The first-order valence-electron chi connectivity index (χ1n) is 8.78. The van der Waals surface area contributed by atoms with Crippen LogP contribution in [0.15, 0.2) is 22.7 Å². The molecule has 2 fully saturated rings. The van der Waals surface area contributed by atoms with Crippen LogP contribution in [0.5, 0.6) is 0 Å². The third-order valence-corrected chi connectivity index (χ3v) is 5.72. The number of nitrogens with one attached hydrogen (secondary N) is 2. The number of aryl methyl sites for hydroxylation is 1. The number of likely N-dealkylation sites (tertiary alicyclic amines) is 1. The normalized spacial score (nSPS) is 25.6. The van der Waals surface area contributed by atoms with E-state index in [0.29, 0.717) is 6.04 Å². The average molecular weight is 396 g/mol. The number of aliphatic hydroxyl groups is 1. The molecule has 1 saturated heterocycles. The Hall–Kier alpha value is -1.11. The van der Waals surface area contributed by atoms with E-state index in [1.807, 2.05) is 25.1 Å². The molecule has 2 amide bonds. The van der Waals surface area contributed by atoms with Crippen LogP contribution in [-0.4, -0.2) is 47.3 Å². The number of hydrogen-bond acceptors (Lipinski definition) is 3. The van der Waals surface area contributed by atoms with Gasteiger partial charge in [-0.3, -0.25) is 4.90 Å². The Bertz CT molecular complexity index is 588. The maximum Gasteiger partial charge on any atom is 0.319 e. The van der Waals surface area contributed by atoms with E-state index in [9.17, 15) is 9.90 Å². The van der Waals surface area contributed by atoms with Gasteiger partial charge in [0, 0.05) is 35.3 Å². The molecule has 0 radical (unpaired) electrons. The van der Waals surface area contributed by atoms with Gasteiger partial charge in [0.1, 0.15) is 0 Å². The highest BCUT2D eigenvalue weighted by Crippen LogP contribution is 2.27. The van der Waals surface area contributed by atoms with Gasteiger partial charge in [-0.2, -0.15) is 0 Å². The quantitative estimate of drug-likeness (QED) is 0.735.